The molecule has 0 aliphatic rings. The van der Waals surface area contributed by atoms with E-state index in [1.54, 1.807) is 6.92 Å². The van der Waals surface area contributed by atoms with Crippen molar-refractivity contribution in [3.05, 3.63) is 24.3 Å². The van der Waals surface area contributed by atoms with Gasteiger partial charge in [0.15, 0.2) is 0 Å². The van der Waals surface area contributed by atoms with Crippen molar-refractivity contribution in [1.82, 2.24) is 14.9 Å². The number of imidazole rings is 1. The molecular weight excluding hydrogens is 292 g/mol. The molecule has 0 saturated carbocycles. The topological polar surface area (TPSA) is 79.2 Å². The van der Waals surface area contributed by atoms with Crippen LogP contribution in [0.15, 0.2) is 24.3 Å². The fraction of sp³-hybridized carbons (Fsp3) is 0.529. The number of hydrogen-bond acceptors (Lipinski definition) is 4. The number of anilines is 1. The molecule has 23 heavy (non-hydrogen) atoms. The highest BCUT2D eigenvalue weighted by atomic mass is 16.3. The number of aromatic nitrogens is 2. The predicted octanol–water partition coefficient (Wildman–Crippen LogP) is 1.99. The molecule has 6 heteroatoms. The molecule has 2 rings (SSSR count). The Morgan fingerprint density at radius 1 is 1.26 bits per heavy atom. The number of aliphatic hydroxyl groups excluding tert-OH is 1. The minimum Gasteiger partial charge on any atom is -0.392 e. The Morgan fingerprint density at radius 2 is 1.96 bits per heavy atom. The number of para-hydroxylation sites is 2. The van der Waals surface area contributed by atoms with Gasteiger partial charge in [-0.25, -0.2) is 4.98 Å². The minimum absolute atomic E-state index is 0.0468. The average Bonchev–Trinajstić information content (AvgIpc) is 2.83. The van der Waals surface area contributed by atoms with Crippen LogP contribution in [0.1, 0.15) is 27.7 Å². The average molecular weight is 318 g/mol. The quantitative estimate of drug-likeness (QED) is 0.729. The van der Waals surface area contributed by atoms with Gasteiger partial charge in [-0.2, -0.15) is 0 Å². The SMILES string of the molecule is CC(O)CNc1nc2ccccc2n1CC(=O)NC(C)C(C)C. The lowest BCUT2D eigenvalue weighted by Gasteiger charge is -2.18. The van der Waals surface area contributed by atoms with E-state index in [0.717, 1.165) is 11.0 Å². The summed E-state index contributed by atoms with van der Waals surface area (Å²) in [6, 6.07) is 7.81. The van der Waals surface area contributed by atoms with E-state index in [0.29, 0.717) is 18.4 Å². The van der Waals surface area contributed by atoms with Crippen molar-refractivity contribution in [3.63, 3.8) is 0 Å². The highest BCUT2D eigenvalue weighted by molar-refractivity contribution is 5.83. The second-order valence-electron chi connectivity index (χ2n) is 6.34. The lowest BCUT2D eigenvalue weighted by molar-refractivity contribution is -0.122. The lowest BCUT2D eigenvalue weighted by atomic mass is 10.1. The van der Waals surface area contributed by atoms with Crippen LogP contribution in [0.4, 0.5) is 5.95 Å². The fourth-order valence-corrected chi connectivity index (χ4v) is 2.22. The third-order valence-electron chi connectivity index (χ3n) is 3.90. The lowest BCUT2D eigenvalue weighted by Crippen LogP contribution is -2.38. The fourth-order valence-electron chi connectivity index (χ4n) is 2.22. The summed E-state index contributed by atoms with van der Waals surface area (Å²) in [7, 11) is 0. The summed E-state index contributed by atoms with van der Waals surface area (Å²) < 4.78 is 1.85. The molecule has 2 aromatic rings. The summed E-state index contributed by atoms with van der Waals surface area (Å²) in [5, 5.41) is 15.6. The minimum atomic E-state index is -0.488. The molecule has 6 nitrogen and oxygen atoms in total. The van der Waals surface area contributed by atoms with E-state index in [2.05, 4.69) is 29.5 Å². The number of amides is 1. The van der Waals surface area contributed by atoms with Crippen LogP contribution in [0.5, 0.6) is 0 Å². The van der Waals surface area contributed by atoms with E-state index in [-0.39, 0.29) is 18.5 Å². The van der Waals surface area contributed by atoms with Gasteiger partial charge in [0.2, 0.25) is 11.9 Å². The number of hydrogen-bond donors (Lipinski definition) is 3. The molecular formula is C17H26N4O2. The molecule has 0 spiro atoms. The molecule has 1 amide bonds. The van der Waals surface area contributed by atoms with E-state index in [9.17, 15) is 9.90 Å². The van der Waals surface area contributed by atoms with Gasteiger partial charge in [0.25, 0.3) is 0 Å². The van der Waals surface area contributed by atoms with Gasteiger partial charge in [0, 0.05) is 12.6 Å². The van der Waals surface area contributed by atoms with Crippen molar-refractivity contribution in [1.29, 1.82) is 0 Å². The standard InChI is InChI=1S/C17H26N4O2/c1-11(2)13(4)19-16(23)10-21-15-8-6-5-7-14(15)20-17(21)18-9-12(3)22/h5-8,11-13,22H,9-10H2,1-4H3,(H,18,20)(H,19,23). The highest BCUT2D eigenvalue weighted by Gasteiger charge is 2.16. The molecule has 0 saturated heterocycles. The zero-order chi connectivity index (χ0) is 17.0. The van der Waals surface area contributed by atoms with Crippen LogP contribution in [0.3, 0.4) is 0 Å². The first-order valence-corrected chi connectivity index (χ1v) is 8.05. The Labute approximate surface area is 136 Å². The number of aliphatic hydroxyl groups is 1. The van der Waals surface area contributed by atoms with Gasteiger partial charge >= 0.3 is 0 Å². The van der Waals surface area contributed by atoms with Crippen molar-refractivity contribution < 1.29 is 9.90 Å². The Balaban J connectivity index is 2.22. The van der Waals surface area contributed by atoms with Gasteiger partial charge in [-0.05, 0) is 31.9 Å². The monoisotopic (exact) mass is 318 g/mol. The maximum absolute atomic E-state index is 12.3. The first kappa shape index (κ1) is 17.3. The van der Waals surface area contributed by atoms with Crippen molar-refractivity contribution in [3.8, 4) is 0 Å². The number of carbonyl (C=O) groups excluding carboxylic acids is 1. The number of benzene rings is 1. The summed E-state index contributed by atoms with van der Waals surface area (Å²) >= 11 is 0. The number of carbonyl (C=O) groups is 1. The predicted molar refractivity (Wildman–Crippen MR) is 92.3 cm³/mol. The van der Waals surface area contributed by atoms with Gasteiger partial charge < -0.3 is 20.3 Å². The van der Waals surface area contributed by atoms with Gasteiger partial charge in [0.1, 0.15) is 6.54 Å². The Kier molecular flexibility index (Phi) is 5.60. The molecule has 1 aromatic heterocycles. The second-order valence-corrected chi connectivity index (χ2v) is 6.34. The number of nitrogens with zero attached hydrogens (tertiary/aromatic N) is 2. The van der Waals surface area contributed by atoms with Crippen LogP contribution in [0.2, 0.25) is 0 Å². The van der Waals surface area contributed by atoms with Crippen LogP contribution < -0.4 is 10.6 Å². The van der Waals surface area contributed by atoms with Crippen LogP contribution >= 0.6 is 0 Å². The summed E-state index contributed by atoms with van der Waals surface area (Å²) in [5.41, 5.74) is 1.72. The molecule has 3 N–H and O–H groups in total. The molecule has 126 valence electrons. The first-order chi connectivity index (χ1) is 10.9. The summed E-state index contributed by atoms with van der Waals surface area (Å²) in [6.07, 6.45) is -0.488. The Hall–Kier alpha value is -2.08. The summed E-state index contributed by atoms with van der Waals surface area (Å²) in [4.78, 5) is 16.8. The smallest absolute Gasteiger partial charge is 0.240 e. The molecule has 2 unspecified atom stereocenters. The highest BCUT2D eigenvalue weighted by Crippen LogP contribution is 2.19. The van der Waals surface area contributed by atoms with E-state index < -0.39 is 6.10 Å². The molecule has 0 aliphatic carbocycles. The van der Waals surface area contributed by atoms with E-state index in [4.69, 9.17) is 0 Å². The third-order valence-corrected chi connectivity index (χ3v) is 3.90. The Bertz CT molecular complexity index is 664. The number of fused-ring (bicyclic) bond motifs is 1. The maximum Gasteiger partial charge on any atom is 0.240 e. The summed E-state index contributed by atoms with van der Waals surface area (Å²) in [5.74, 6) is 0.931. The van der Waals surface area contributed by atoms with Crippen molar-refractivity contribution in [2.45, 2.75) is 46.4 Å². The number of nitrogens with one attached hydrogen (secondary N) is 2. The summed E-state index contributed by atoms with van der Waals surface area (Å²) in [6.45, 7) is 8.44. The normalized spacial score (nSPS) is 14.0. The van der Waals surface area contributed by atoms with Gasteiger partial charge in [-0.3, -0.25) is 4.79 Å². The molecule has 0 aliphatic heterocycles. The second kappa shape index (κ2) is 7.46. The van der Waals surface area contributed by atoms with Crippen LogP contribution in [0, 0.1) is 5.92 Å². The molecule has 0 bridgehead atoms. The molecule has 2 atom stereocenters. The Morgan fingerprint density at radius 3 is 2.61 bits per heavy atom. The van der Waals surface area contributed by atoms with Crippen LogP contribution in [0.25, 0.3) is 11.0 Å². The number of rotatable bonds is 7. The molecule has 1 heterocycles. The largest absolute Gasteiger partial charge is 0.392 e. The zero-order valence-electron chi connectivity index (χ0n) is 14.2. The van der Waals surface area contributed by atoms with Gasteiger partial charge in [-0.15, -0.1) is 0 Å². The van der Waals surface area contributed by atoms with Crippen molar-refractivity contribution in [2.75, 3.05) is 11.9 Å². The van der Waals surface area contributed by atoms with Gasteiger partial charge in [-0.1, -0.05) is 26.0 Å². The van der Waals surface area contributed by atoms with E-state index in [1.165, 1.54) is 0 Å². The van der Waals surface area contributed by atoms with E-state index in [1.807, 2.05) is 35.8 Å². The van der Waals surface area contributed by atoms with Crippen LogP contribution in [-0.2, 0) is 11.3 Å². The van der Waals surface area contributed by atoms with Crippen LogP contribution in [-0.4, -0.2) is 39.3 Å². The van der Waals surface area contributed by atoms with Crippen molar-refractivity contribution >= 4 is 22.9 Å². The zero-order valence-corrected chi connectivity index (χ0v) is 14.2. The maximum atomic E-state index is 12.3. The van der Waals surface area contributed by atoms with Gasteiger partial charge in [0.05, 0.1) is 17.1 Å². The molecule has 1 aromatic carbocycles. The molecule has 0 fully saturated rings. The van der Waals surface area contributed by atoms with E-state index >= 15 is 0 Å². The third kappa shape index (κ3) is 4.45. The molecule has 0 radical (unpaired) electrons. The van der Waals surface area contributed by atoms with Crippen molar-refractivity contribution in [2.24, 2.45) is 5.92 Å². The first-order valence-electron chi connectivity index (χ1n) is 8.05.